The molecule has 5 heteroatoms. The van der Waals surface area contributed by atoms with E-state index in [1.165, 1.54) is 42.0 Å². The molecule has 1 aromatic heterocycles. The zero-order valence-electron chi connectivity index (χ0n) is 19.0. The van der Waals surface area contributed by atoms with Crippen LogP contribution in [-0.4, -0.2) is 16.2 Å². The molecule has 2 aromatic rings. The summed E-state index contributed by atoms with van der Waals surface area (Å²) in [6.07, 6.45) is 10.2. The maximum absolute atomic E-state index is 13.2. The highest BCUT2D eigenvalue weighted by Gasteiger charge is 2.58. The molecule has 2 N–H and O–H groups in total. The van der Waals surface area contributed by atoms with Crippen molar-refractivity contribution in [3.05, 3.63) is 57.9 Å². The maximum Gasteiger partial charge on any atom is 0.183 e. The fraction of sp³-hybridized carbons (Fsp3) is 0.593. The highest BCUT2D eigenvalue weighted by Crippen LogP contribution is 2.64. The van der Waals surface area contributed by atoms with Gasteiger partial charge in [-0.3, -0.25) is 0 Å². The zero-order chi connectivity index (χ0) is 22.1. The number of rotatable bonds is 3. The molecule has 1 heterocycles. The van der Waals surface area contributed by atoms with Gasteiger partial charge in [0.15, 0.2) is 5.13 Å². The minimum atomic E-state index is -0.195. The molecule has 0 saturated heterocycles. The Morgan fingerprint density at radius 1 is 1.09 bits per heavy atom. The smallest absolute Gasteiger partial charge is 0.183 e. The number of allylic oxidation sites excluding steroid dienone is 1. The van der Waals surface area contributed by atoms with Crippen molar-refractivity contribution in [1.29, 1.82) is 0 Å². The first-order valence-electron chi connectivity index (χ1n) is 12.2. The molecule has 4 aliphatic rings. The van der Waals surface area contributed by atoms with Crippen molar-refractivity contribution in [3.8, 4) is 0 Å². The average Bonchev–Trinajstić information content (AvgIpc) is 3.30. The van der Waals surface area contributed by atoms with Crippen LogP contribution >= 0.6 is 11.3 Å². The lowest BCUT2D eigenvalue weighted by atomic mass is 9.48. The fourth-order valence-electron chi connectivity index (χ4n) is 7.62. The molecule has 0 spiro atoms. The topological polar surface area (TPSA) is 45.2 Å². The second kappa shape index (κ2) is 7.39. The van der Waals surface area contributed by atoms with Gasteiger partial charge in [-0.15, -0.1) is 11.3 Å². The second-order valence-electron chi connectivity index (χ2n) is 11.1. The van der Waals surface area contributed by atoms with E-state index >= 15 is 0 Å². The van der Waals surface area contributed by atoms with Gasteiger partial charge in [0.2, 0.25) is 0 Å². The van der Waals surface area contributed by atoms with E-state index in [9.17, 15) is 9.50 Å². The lowest BCUT2D eigenvalue weighted by Gasteiger charge is -2.57. The van der Waals surface area contributed by atoms with E-state index in [0.717, 1.165) is 48.2 Å². The lowest BCUT2D eigenvalue weighted by Crippen LogP contribution is -2.51. The first-order valence-corrected chi connectivity index (χ1v) is 13.0. The molecule has 170 valence electrons. The molecule has 6 rings (SSSR count). The van der Waals surface area contributed by atoms with Gasteiger partial charge in [0, 0.05) is 16.8 Å². The number of benzene rings is 1. The number of nitrogens with zero attached hydrogens (tertiary/aromatic N) is 1. The minimum Gasteiger partial charge on any atom is -0.393 e. The first-order chi connectivity index (χ1) is 15.4. The fourth-order valence-corrected chi connectivity index (χ4v) is 8.78. The zero-order valence-corrected chi connectivity index (χ0v) is 19.9. The third kappa shape index (κ3) is 3.11. The number of aromatic nitrogens is 1. The monoisotopic (exact) mass is 452 g/mol. The summed E-state index contributed by atoms with van der Waals surface area (Å²) in [5.41, 5.74) is 4.42. The number of nitrogens with one attached hydrogen (secondary N) is 1. The molecular formula is C27H33FN2OS. The Kier molecular flexibility index (Phi) is 4.82. The molecule has 0 amide bonds. The van der Waals surface area contributed by atoms with Crippen LogP contribution in [0.4, 0.5) is 9.52 Å². The Balaban J connectivity index is 1.22. The van der Waals surface area contributed by atoms with Gasteiger partial charge in [0.25, 0.3) is 0 Å². The van der Waals surface area contributed by atoms with E-state index in [1.54, 1.807) is 5.57 Å². The number of anilines is 1. The molecule has 3 nitrogen and oxygen atoms in total. The van der Waals surface area contributed by atoms with Gasteiger partial charge in [-0.25, -0.2) is 9.37 Å². The number of aliphatic hydroxyl groups is 1. The molecular weight excluding hydrogens is 419 g/mol. The van der Waals surface area contributed by atoms with Crippen LogP contribution in [0.5, 0.6) is 0 Å². The Hall–Kier alpha value is -1.72. The molecule has 0 radical (unpaired) electrons. The van der Waals surface area contributed by atoms with Gasteiger partial charge in [0.1, 0.15) is 5.82 Å². The van der Waals surface area contributed by atoms with Crippen molar-refractivity contribution >= 4 is 16.5 Å². The summed E-state index contributed by atoms with van der Waals surface area (Å²) >= 11 is 1.83. The van der Waals surface area contributed by atoms with Gasteiger partial charge in [-0.1, -0.05) is 37.6 Å². The third-order valence-electron chi connectivity index (χ3n) is 9.47. The number of thiazole rings is 1. The Morgan fingerprint density at radius 2 is 1.88 bits per heavy atom. The number of fused-ring (bicyclic) bond motifs is 7. The van der Waals surface area contributed by atoms with Crippen molar-refractivity contribution in [3.63, 3.8) is 0 Å². The third-order valence-corrected chi connectivity index (χ3v) is 10.5. The van der Waals surface area contributed by atoms with Crippen LogP contribution < -0.4 is 5.32 Å². The molecule has 0 bridgehead atoms. The van der Waals surface area contributed by atoms with Crippen molar-refractivity contribution < 1.29 is 9.50 Å². The summed E-state index contributed by atoms with van der Waals surface area (Å²) in [6.45, 7) is 5.63. The average molecular weight is 453 g/mol. The normalized spacial score (nSPS) is 37.7. The minimum absolute atomic E-state index is 0.136. The lowest BCUT2D eigenvalue weighted by molar-refractivity contribution is -0.0169. The Bertz CT molecular complexity index is 1060. The van der Waals surface area contributed by atoms with E-state index in [4.69, 9.17) is 4.98 Å². The number of halogens is 1. The predicted octanol–water partition coefficient (Wildman–Crippen LogP) is 6.23. The van der Waals surface area contributed by atoms with E-state index in [0.29, 0.717) is 12.5 Å². The Labute approximate surface area is 194 Å². The van der Waals surface area contributed by atoms with Crippen LogP contribution in [0.25, 0.3) is 0 Å². The van der Waals surface area contributed by atoms with Gasteiger partial charge < -0.3 is 10.4 Å². The summed E-state index contributed by atoms with van der Waals surface area (Å²) in [5.74, 6) is 1.97. The standard InChI is InChI=1S/C27H33FN2OS/c1-26-11-9-19(31)13-17(26)5-8-20-21(26)10-12-27(2)22(20)14-23-24(27)30-25(32-23)29-15-16-3-6-18(28)7-4-16/h3-7,19-22,31H,8-15H2,1-2H3,(H,29,30)/t19-,20?,21?,22?,26-,27-/m0/s1. The maximum atomic E-state index is 13.2. The SMILES string of the molecule is C[C@]12CC[C@H](O)CC1=CCC1C2CC[C@]2(C)c3nc(NCc4ccc(F)cc4)sc3CC12. The van der Waals surface area contributed by atoms with Crippen molar-refractivity contribution in [2.24, 2.45) is 23.2 Å². The molecule has 3 unspecified atom stereocenters. The summed E-state index contributed by atoms with van der Waals surface area (Å²) in [7, 11) is 0. The number of hydrogen-bond acceptors (Lipinski definition) is 4. The van der Waals surface area contributed by atoms with Gasteiger partial charge in [-0.2, -0.15) is 0 Å². The van der Waals surface area contributed by atoms with E-state index in [1.807, 2.05) is 23.5 Å². The largest absolute Gasteiger partial charge is 0.393 e. The Morgan fingerprint density at radius 3 is 2.69 bits per heavy atom. The van der Waals surface area contributed by atoms with Crippen LogP contribution in [0.3, 0.4) is 0 Å². The molecule has 2 saturated carbocycles. The highest BCUT2D eigenvalue weighted by molar-refractivity contribution is 7.15. The highest BCUT2D eigenvalue weighted by atomic mass is 32.1. The van der Waals surface area contributed by atoms with Gasteiger partial charge in [0.05, 0.1) is 11.8 Å². The molecule has 2 fully saturated rings. The van der Waals surface area contributed by atoms with Crippen molar-refractivity contribution in [1.82, 2.24) is 4.98 Å². The van der Waals surface area contributed by atoms with E-state index in [-0.39, 0.29) is 22.8 Å². The molecule has 1 aromatic carbocycles. The van der Waals surface area contributed by atoms with Crippen LogP contribution in [0.2, 0.25) is 0 Å². The van der Waals surface area contributed by atoms with Crippen LogP contribution in [0.15, 0.2) is 35.9 Å². The summed E-state index contributed by atoms with van der Waals surface area (Å²) in [5, 5.41) is 14.7. The van der Waals surface area contributed by atoms with Crippen LogP contribution in [0, 0.1) is 29.0 Å². The summed E-state index contributed by atoms with van der Waals surface area (Å²) in [4.78, 5) is 6.58. The molecule has 6 atom stereocenters. The van der Waals surface area contributed by atoms with Gasteiger partial charge >= 0.3 is 0 Å². The summed E-state index contributed by atoms with van der Waals surface area (Å²) in [6, 6.07) is 6.69. The molecule has 0 aliphatic heterocycles. The quantitative estimate of drug-likeness (QED) is 0.543. The van der Waals surface area contributed by atoms with Crippen LogP contribution in [0.1, 0.15) is 68.5 Å². The van der Waals surface area contributed by atoms with Crippen LogP contribution in [-0.2, 0) is 18.4 Å². The number of aliphatic hydroxyl groups excluding tert-OH is 1. The van der Waals surface area contributed by atoms with Gasteiger partial charge in [-0.05, 0) is 85.8 Å². The van der Waals surface area contributed by atoms with Crippen molar-refractivity contribution in [2.75, 3.05) is 5.32 Å². The predicted molar refractivity (Wildman–Crippen MR) is 127 cm³/mol. The summed E-state index contributed by atoms with van der Waals surface area (Å²) < 4.78 is 13.2. The van der Waals surface area contributed by atoms with Crippen molar-refractivity contribution in [2.45, 2.75) is 76.9 Å². The molecule has 32 heavy (non-hydrogen) atoms. The second-order valence-corrected chi connectivity index (χ2v) is 12.2. The first kappa shape index (κ1) is 20.9. The number of hydrogen-bond donors (Lipinski definition) is 2. The molecule has 4 aliphatic carbocycles. The van der Waals surface area contributed by atoms with E-state index < -0.39 is 0 Å². The van der Waals surface area contributed by atoms with E-state index in [2.05, 4.69) is 25.2 Å².